The molecule has 0 fully saturated rings. The number of hydrogen-bond donors (Lipinski definition) is 1. The van der Waals surface area contributed by atoms with E-state index in [9.17, 15) is 13.2 Å². The van der Waals surface area contributed by atoms with Gasteiger partial charge in [0.1, 0.15) is 18.1 Å². The number of rotatable bonds is 7. The first-order valence-corrected chi connectivity index (χ1v) is 11.6. The summed E-state index contributed by atoms with van der Waals surface area (Å²) in [6, 6.07) is 15.2. The number of halogens is 1. The Morgan fingerprint density at radius 2 is 1.81 bits per heavy atom. The van der Waals surface area contributed by atoms with Crippen LogP contribution in [0.4, 0.5) is 5.69 Å². The van der Waals surface area contributed by atoms with Crippen molar-refractivity contribution in [1.82, 2.24) is 5.43 Å². The number of amides is 1. The van der Waals surface area contributed by atoms with Crippen LogP contribution in [-0.2, 0) is 14.8 Å². The zero-order valence-corrected chi connectivity index (χ0v) is 19.7. The van der Waals surface area contributed by atoms with Crippen LogP contribution in [0.5, 0.6) is 0 Å². The van der Waals surface area contributed by atoms with Crippen LogP contribution in [-0.4, -0.2) is 27.1 Å². The van der Waals surface area contributed by atoms with E-state index in [4.69, 9.17) is 4.42 Å². The molecule has 0 spiro atoms. The highest BCUT2D eigenvalue weighted by molar-refractivity contribution is 9.10. The van der Waals surface area contributed by atoms with Crippen molar-refractivity contribution < 1.29 is 17.6 Å². The van der Waals surface area contributed by atoms with Gasteiger partial charge in [0.05, 0.1) is 21.3 Å². The van der Waals surface area contributed by atoms with Gasteiger partial charge in [0.25, 0.3) is 15.9 Å². The number of carbonyl (C=O) groups excluding carboxylic acids is 1. The van der Waals surface area contributed by atoms with Gasteiger partial charge in [0.15, 0.2) is 0 Å². The van der Waals surface area contributed by atoms with Crippen LogP contribution in [0.2, 0.25) is 0 Å². The Hall–Kier alpha value is -2.91. The zero-order valence-electron chi connectivity index (χ0n) is 17.3. The van der Waals surface area contributed by atoms with Crippen molar-refractivity contribution in [2.24, 2.45) is 5.10 Å². The first-order chi connectivity index (χ1) is 14.7. The second-order valence-corrected chi connectivity index (χ2v) is 9.73. The molecular formula is C22H22BrN3O4S. The lowest BCUT2D eigenvalue weighted by atomic mass is 10.2. The van der Waals surface area contributed by atoms with E-state index in [1.807, 2.05) is 19.9 Å². The second-order valence-electron chi connectivity index (χ2n) is 7.01. The number of anilines is 1. The normalized spacial score (nSPS) is 11.6. The highest BCUT2D eigenvalue weighted by atomic mass is 79.9. The SMILES string of the molecule is Cc1ccc(S(=O)(=O)N(CC(=O)N/N=C/c2cc(Br)c(C)o2)c2cccc(C)c2)cc1. The van der Waals surface area contributed by atoms with Crippen molar-refractivity contribution in [3.8, 4) is 0 Å². The van der Waals surface area contributed by atoms with Crippen LogP contribution in [0.1, 0.15) is 22.6 Å². The van der Waals surface area contributed by atoms with Gasteiger partial charge < -0.3 is 4.42 Å². The van der Waals surface area contributed by atoms with Crippen molar-refractivity contribution in [2.75, 3.05) is 10.8 Å². The molecule has 0 atom stereocenters. The third kappa shape index (κ3) is 5.62. The molecular weight excluding hydrogens is 482 g/mol. The Morgan fingerprint density at radius 1 is 1.10 bits per heavy atom. The zero-order chi connectivity index (χ0) is 22.6. The average molecular weight is 504 g/mol. The van der Waals surface area contributed by atoms with Gasteiger partial charge in [0.2, 0.25) is 0 Å². The monoisotopic (exact) mass is 503 g/mol. The van der Waals surface area contributed by atoms with E-state index in [0.29, 0.717) is 17.2 Å². The van der Waals surface area contributed by atoms with Gasteiger partial charge in [-0.15, -0.1) is 0 Å². The molecule has 9 heteroatoms. The average Bonchev–Trinajstić information content (AvgIpc) is 3.03. The van der Waals surface area contributed by atoms with E-state index in [0.717, 1.165) is 19.9 Å². The first kappa shape index (κ1) is 22.8. The summed E-state index contributed by atoms with van der Waals surface area (Å²) in [6.07, 6.45) is 1.35. The fourth-order valence-electron chi connectivity index (χ4n) is 2.81. The maximum atomic E-state index is 13.3. The Balaban J connectivity index is 1.84. The van der Waals surface area contributed by atoms with Crippen LogP contribution >= 0.6 is 15.9 Å². The second kappa shape index (κ2) is 9.49. The van der Waals surface area contributed by atoms with Crippen LogP contribution < -0.4 is 9.73 Å². The van der Waals surface area contributed by atoms with E-state index in [2.05, 4.69) is 26.5 Å². The Kier molecular flexibility index (Phi) is 6.97. The topological polar surface area (TPSA) is 92.0 Å². The van der Waals surface area contributed by atoms with Crippen molar-refractivity contribution in [1.29, 1.82) is 0 Å². The van der Waals surface area contributed by atoms with Crippen molar-refractivity contribution in [3.63, 3.8) is 0 Å². The predicted octanol–water partition coefficient (Wildman–Crippen LogP) is 4.31. The van der Waals surface area contributed by atoms with Crippen molar-refractivity contribution in [3.05, 3.63) is 81.7 Å². The van der Waals surface area contributed by atoms with Gasteiger partial charge in [-0.1, -0.05) is 29.8 Å². The summed E-state index contributed by atoms with van der Waals surface area (Å²) in [7, 11) is -3.97. The molecule has 0 aliphatic rings. The third-order valence-electron chi connectivity index (χ3n) is 4.44. The Bertz CT molecular complexity index is 1200. The number of furan rings is 1. The van der Waals surface area contributed by atoms with Crippen LogP contribution in [0.15, 0.2) is 73.5 Å². The van der Waals surface area contributed by atoms with E-state index in [-0.39, 0.29) is 4.90 Å². The number of aryl methyl sites for hydroxylation is 3. The summed E-state index contributed by atoms with van der Waals surface area (Å²) in [6.45, 7) is 5.08. The van der Waals surface area contributed by atoms with Crippen LogP contribution in [0, 0.1) is 20.8 Å². The standard InChI is InChI=1S/C22H22BrN3O4S/c1-15-7-9-20(10-8-15)31(28,29)26(18-6-4-5-16(2)11-18)14-22(27)25-24-13-19-12-21(23)17(3)30-19/h4-13H,14H2,1-3H3,(H,25,27)/b24-13+. The lowest BCUT2D eigenvalue weighted by molar-refractivity contribution is -0.119. The van der Waals surface area contributed by atoms with E-state index < -0.39 is 22.5 Å². The van der Waals surface area contributed by atoms with Gasteiger partial charge in [-0.05, 0) is 66.5 Å². The molecule has 3 aromatic rings. The highest BCUT2D eigenvalue weighted by Gasteiger charge is 2.27. The first-order valence-electron chi connectivity index (χ1n) is 9.41. The number of hydrazone groups is 1. The molecule has 0 saturated carbocycles. The number of nitrogens with one attached hydrogen (secondary N) is 1. The molecule has 162 valence electrons. The van der Waals surface area contributed by atoms with E-state index >= 15 is 0 Å². The molecule has 1 heterocycles. The van der Waals surface area contributed by atoms with E-state index in [1.165, 1.54) is 18.3 Å². The fraction of sp³-hybridized carbons (Fsp3) is 0.182. The molecule has 1 amide bonds. The minimum Gasteiger partial charge on any atom is -0.459 e. The lowest BCUT2D eigenvalue weighted by Crippen LogP contribution is -2.39. The third-order valence-corrected chi connectivity index (χ3v) is 7.02. The molecule has 0 unspecified atom stereocenters. The molecule has 31 heavy (non-hydrogen) atoms. The van der Waals surface area contributed by atoms with Crippen molar-refractivity contribution >= 4 is 43.8 Å². The van der Waals surface area contributed by atoms with Gasteiger partial charge in [0, 0.05) is 6.07 Å². The predicted molar refractivity (Wildman–Crippen MR) is 124 cm³/mol. The number of nitrogens with zero attached hydrogens (tertiary/aromatic N) is 2. The summed E-state index contributed by atoms with van der Waals surface area (Å²) >= 11 is 3.33. The molecule has 1 N–H and O–H groups in total. The number of carbonyl (C=O) groups is 1. The minimum atomic E-state index is -3.97. The molecule has 1 aromatic heterocycles. The lowest BCUT2D eigenvalue weighted by Gasteiger charge is -2.24. The maximum absolute atomic E-state index is 13.3. The largest absolute Gasteiger partial charge is 0.459 e. The van der Waals surface area contributed by atoms with Crippen LogP contribution in [0.25, 0.3) is 0 Å². The van der Waals surface area contributed by atoms with Crippen molar-refractivity contribution in [2.45, 2.75) is 25.7 Å². The minimum absolute atomic E-state index is 0.104. The summed E-state index contributed by atoms with van der Waals surface area (Å²) in [5.41, 5.74) is 4.56. The summed E-state index contributed by atoms with van der Waals surface area (Å²) in [4.78, 5) is 12.6. The van der Waals surface area contributed by atoms with Gasteiger partial charge in [-0.25, -0.2) is 13.8 Å². The number of hydrogen-bond acceptors (Lipinski definition) is 5. The number of sulfonamides is 1. The molecule has 3 rings (SSSR count). The summed E-state index contributed by atoms with van der Waals surface area (Å²) in [5, 5.41) is 3.87. The molecule has 0 aliphatic carbocycles. The van der Waals surface area contributed by atoms with Gasteiger partial charge >= 0.3 is 0 Å². The smallest absolute Gasteiger partial charge is 0.264 e. The van der Waals surface area contributed by atoms with E-state index in [1.54, 1.807) is 43.3 Å². The molecule has 2 aromatic carbocycles. The quantitative estimate of drug-likeness (QED) is 0.384. The van der Waals surface area contributed by atoms with Gasteiger partial charge in [-0.2, -0.15) is 5.10 Å². The van der Waals surface area contributed by atoms with Crippen LogP contribution in [0.3, 0.4) is 0 Å². The summed E-state index contributed by atoms with van der Waals surface area (Å²) in [5.74, 6) is 0.547. The maximum Gasteiger partial charge on any atom is 0.264 e. The fourth-order valence-corrected chi connectivity index (χ4v) is 4.53. The van der Waals surface area contributed by atoms with Gasteiger partial charge in [-0.3, -0.25) is 9.10 Å². The molecule has 0 saturated heterocycles. The molecule has 0 radical (unpaired) electrons. The Morgan fingerprint density at radius 3 is 2.42 bits per heavy atom. The molecule has 0 aliphatic heterocycles. The Labute approximate surface area is 189 Å². The summed E-state index contributed by atoms with van der Waals surface area (Å²) < 4.78 is 33.9. The molecule has 0 bridgehead atoms. The highest BCUT2D eigenvalue weighted by Crippen LogP contribution is 2.24. The molecule has 7 nitrogen and oxygen atoms in total. The number of benzene rings is 2.